The molecule has 0 aliphatic heterocycles. The van der Waals surface area contributed by atoms with Gasteiger partial charge in [-0.15, -0.1) is 0 Å². The van der Waals surface area contributed by atoms with Gasteiger partial charge in [-0.2, -0.15) is 0 Å². The van der Waals surface area contributed by atoms with Crippen molar-refractivity contribution in [3.63, 3.8) is 0 Å². The topological polar surface area (TPSA) is 0 Å². The molecule has 1 aliphatic carbocycles. The van der Waals surface area contributed by atoms with Gasteiger partial charge in [0.15, 0.2) is 0 Å². The van der Waals surface area contributed by atoms with Crippen LogP contribution in [-0.4, -0.2) is 7.85 Å². The van der Waals surface area contributed by atoms with E-state index in [0.717, 1.165) is 17.3 Å². The van der Waals surface area contributed by atoms with E-state index in [1.165, 1.54) is 38.5 Å². The minimum atomic E-state index is 1.03. The van der Waals surface area contributed by atoms with Crippen LogP contribution in [0.15, 0.2) is 65.2 Å². The molecule has 0 N–H and O–H groups in total. The lowest BCUT2D eigenvalue weighted by atomic mass is 9.83. The average molecular weight is 347 g/mol. The molecule has 2 heteroatoms. The van der Waals surface area contributed by atoms with E-state index < -0.39 is 0 Å². The minimum absolute atomic E-state index is 1.03. The predicted molar refractivity (Wildman–Crippen MR) is 102 cm³/mol. The average Bonchev–Trinajstić information content (AvgIpc) is 2.51. The molecule has 0 fully saturated rings. The molecule has 22 heavy (non-hydrogen) atoms. The van der Waals surface area contributed by atoms with Crippen molar-refractivity contribution in [1.29, 1.82) is 0 Å². The van der Waals surface area contributed by atoms with Gasteiger partial charge >= 0.3 is 0 Å². The summed E-state index contributed by atoms with van der Waals surface area (Å²) in [6.45, 7) is 0. The molecule has 0 atom stereocenters. The van der Waals surface area contributed by atoms with E-state index in [1.54, 1.807) is 0 Å². The predicted octanol–water partition coefficient (Wildman–Crippen LogP) is 4.18. The Morgan fingerprint density at radius 2 is 1.73 bits per heavy atom. The number of allylic oxidation sites excluding steroid dienone is 2. The standard InChI is InChI=1S/C20H16BBr/c21-16-10-15(11-17(22)12-16)20-18-7-3-1-5-13(18)9-14-6-2-4-8-19(14)20/h1-5,7,9-12H,6,8,21H2. The van der Waals surface area contributed by atoms with Gasteiger partial charge in [0.1, 0.15) is 7.85 Å². The summed E-state index contributed by atoms with van der Waals surface area (Å²) in [4.78, 5) is 0. The number of benzene rings is 3. The monoisotopic (exact) mass is 346 g/mol. The zero-order chi connectivity index (χ0) is 15.1. The summed E-state index contributed by atoms with van der Waals surface area (Å²) in [5.41, 5.74) is 6.96. The molecular weight excluding hydrogens is 331 g/mol. The highest BCUT2D eigenvalue weighted by atomic mass is 79.9. The molecule has 3 aromatic carbocycles. The second-order valence-electron chi connectivity index (χ2n) is 6.01. The van der Waals surface area contributed by atoms with Crippen LogP contribution in [0.2, 0.25) is 0 Å². The molecule has 0 bridgehead atoms. The molecule has 0 amide bonds. The van der Waals surface area contributed by atoms with Gasteiger partial charge in [-0.1, -0.05) is 76.0 Å². The Hall–Kier alpha value is -1.80. The van der Waals surface area contributed by atoms with Gasteiger partial charge in [0.05, 0.1) is 0 Å². The van der Waals surface area contributed by atoms with E-state index in [-0.39, 0.29) is 0 Å². The second kappa shape index (κ2) is 5.44. The maximum atomic E-state index is 3.66. The van der Waals surface area contributed by atoms with Crippen LogP contribution in [-0.2, 0) is 12.8 Å². The summed E-state index contributed by atoms with van der Waals surface area (Å²) in [5.74, 6) is 0. The molecule has 0 nitrogen and oxygen atoms in total. The molecule has 0 heterocycles. The van der Waals surface area contributed by atoms with E-state index >= 15 is 0 Å². The SMILES string of the molecule is Bc1cc(Br)cc(-c2c3c(cc4ccccc24)CC=CC3)c1. The molecule has 0 saturated carbocycles. The van der Waals surface area contributed by atoms with Gasteiger partial charge in [-0.05, 0) is 51.9 Å². The highest BCUT2D eigenvalue weighted by Gasteiger charge is 2.16. The van der Waals surface area contributed by atoms with Crippen LogP contribution in [0.25, 0.3) is 21.9 Å². The fourth-order valence-electron chi connectivity index (χ4n) is 3.49. The van der Waals surface area contributed by atoms with E-state index in [0.29, 0.717) is 0 Å². The largest absolute Gasteiger partial charge is 0.139 e. The van der Waals surface area contributed by atoms with Gasteiger partial charge in [0.2, 0.25) is 0 Å². The van der Waals surface area contributed by atoms with Gasteiger partial charge in [-0.25, -0.2) is 0 Å². The molecule has 0 aromatic heterocycles. The van der Waals surface area contributed by atoms with Crippen molar-refractivity contribution in [2.45, 2.75) is 12.8 Å². The number of rotatable bonds is 1. The normalized spacial score (nSPS) is 13.3. The fourth-order valence-corrected chi connectivity index (χ4v) is 4.09. The number of fused-ring (bicyclic) bond motifs is 2. The van der Waals surface area contributed by atoms with E-state index in [2.05, 4.69) is 84.5 Å². The van der Waals surface area contributed by atoms with E-state index in [9.17, 15) is 0 Å². The van der Waals surface area contributed by atoms with Crippen molar-refractivity contribution in [3.05, 3.63) is 76.3 Å². The zero-order valence-corrected chi connectivity index (χ0v) is 14.2. The zero-order valence-electron chi connectivity index (χ0n) is 12.6. The van der Waals surface area contributed by atoms with Gasteiger partial charge in [-0.3, -0.25) is 0 Å². The quantitative estimate of drug-likeness (QED) is 0.458. The Morgan fingerprint density at radius 3 is 2.59 bits per heavy atom. The van der Waals surface area contributed by atoms with Gasteiger partial charge in [0, 0.05) is 4.47 Å². The van der Waals surface area contributed by atoms with Crippen LogP contribution in [0, 0.1) is 0 Å². The molecule has 0 saturated heterocycles. The Kier molecular flexibility index (Phi) is 3.42. The van der Waals surface area contributed by atoms with Gasteiger partial charge in [0.25, 0.3) is 0 Å². The summed E-state index contributed by atoms with van der Waals surface area (Å²) in [7, 11) is 2.16. The maximum Gasteiger partial charge on any atom is 0.139 e. The summed E-state index contributed by atoms with van der Waals surface area (Å²) < 4.78 is 1.15. The molecule has 1 aliphatic rings. The summed E-state index contributed by atoms with van der Waals surface area (Å²) >= 11 is 3.66. The van der Waals surface area contributed by atoms with Crippen LogP contribution >= 0.6 is 15.9 Å². The highest BCUT2D eigenvalue weighted by Crippen LogP contribution is 2.37. The maximum absolute atomic E-state index is 3.66. The highest BCUT2D eigenvalue weighted by molar-refractivity contribution is 9.10. The Bertz CT molecular complexity index is 889. The third kappa shape index (κ3) is 2.32. The third-order valence-corrected chi connectivity index (χ3v) is 4.86. The van der Waals surface area contributed by atoms with E-state index in [1.807, 2.05) is 0 Å². The molecule has 3 aromatic rings. The van der Waals surface area contributed by atoms with Crippen LogP contribution in [0.3, 0.4) is 0 Å². The Morgan fingerprint density at radius 1 is 0.909 bits per heavy atom. The van der Waals surface area contributed by atoms with Crippen LogP contribution < -0.4 is 5.46 Å². The summed E-state index contributed by atoms with van der Waals surface area (Å²) in [5, 5.41) is 2.69. The lowest BCUT2D eigenvalue weighted by Gasteiger charge is -2.20. The fraction of sp³-hybridized carbons (Fsp3) is 0.100. The number of halogens is 1. The van der Waals surface area contributed by atoms with Crippen molar-refractivity contribution in [2.24, 2.45) is 0 Å². The Labute approximate surface area is 140 Å². The summed E-state index contributed by atoms with van der Waals surface area (Å²) in [6.07, 6.45) is 6.65. The lowest BCUT2D eigenvalue weighted by Crippen LogP contribution is -2.05. The van der Waals surface area contributed by atoms with Crippen molar-refractivity contribution >= 4 is 40.0 Å². The molecular formula is C20H16BBr. The number of hydrogen-bond donors (Lipinski definition) is 0. The lowest BCUT2D eigenvalue weighted by molar-refractivity contribution is 1.10. The first kappa shape index (κ1) is 13.8. The minimum Gasteiger partial charge on any atom is -0.0872 e. The second-order valence-corrected chi connectivity index (χ2v) is 6.92. The summed E-state index contributed by atoms with van der Waals surface area (Å²) in [6, 6.07) is 17.8. The van der Waals surface area contributed by atoms with Crippen LogP contribution in [0.1, 0.15) is 11.1 Å². The molecule has 0 unspecified atom stereocenters. The van der Waals surface area contributed by atoms with Gasteiger partial charge < -0.3 is 0 Å². The molecule has 0 radical (unpaired) electrons. The molecule has 106 valence electrons. The first-order valence-electron chi connectivity index (χ1n) is 7.68. The third-order valence-electron chi connectivity index (χ3n) is 4.41. The smallest absolute Gasteiger partial charge is 0.0872 e. The Balaban J connectivity index is 2.11. The molecule has 4 rings (SSSR count). The van der Waals surface area contributed by atoms with Crippen LogP contribution in [0.4, 0.5) is 0 Å². The van der Waals surface area contributed by atoms with Crippen molar-refractivity contribution in [2.75, 3.05) is 0 Å². The van der Waals surface area contributed by atoms with Crippen molar-refractivity contribution in [1.82, 2.24) is 0 Å². The van der Waals surface area contributed by atoms with Crippen molar-refractivity contribution in [3.8, 4) is 11.1 Å². The first-order chi connectivity index (χ1) is 10.7. The van der Waals surface area contributed by atoms with Crippen molar-refractivity contribution < 1.29 is 0 Å². The van der Waals surface area contributed by atoms with Crippen LogP contribution in [0.5, 0.6) is 0 Å². The number of hydrogen-bond acceptors (Lipinski definition) is 0. The van der Waals surface area contributed by atoms with E-state index in [4.69, 9.17) is 0 Å². The molecule has 0 spiro atoms. The first-order valence-corrected chi connectivity index (χ1v) is 8.48.